The van der Waals surface area contributed by atoms with Gasteiger partial charge in [-0.05, 0) is 24.6 Å². The molecule has 6 heteroatoms. The molecule has 1 N–H and O–H groups in total. The lowest BCUT2D eigenvalue weighted by Crippen LogP contribution is -2.19. The summed E-state index contributed by atoms with van der Waals surface area (Å²) in [7, 11) is 0. The standard InChI is InChI=1S/C18H16Cl2O4/c1-2-24-18(23)17(22)12-7-4-3-6-11(12)16(21)10-13-14(19)8-5-9-15(13)20/h3-9,17,22H,2,10H2,1H3. The minimum absolute atomic E-state index is 0.0366. The molecule has 0 aliphatic carbocycles. The van der Waals surface area contributed by atoms with Gasteiger partial charge < -0.3 is 9.84 Å². The molecule has 0 saturated carbocycles. The van der Waals surface area contributed by atoms with E-state index in [4.69, 9.17) is 27.9 Å². The van der Waals surface area contributed by atoms with Crippen LogP contribution in [0.5, 0.6) is 0 Å². The summed E-state index contributed by atoms with van der Waals surface area (Å²) in [5.74, 6) is -1.10. The van der Waals surface area contributed by atoms with E-state index in [2.05, 4.69) is 0 Å². The molecule has 2 aromatic rings. The van der Waals surface area contributed by atoms with Crippen molar-refractivity contribution in [2.24, 2.45) is 0 Å². The fourth-order valence-electron chi connectivity index (χ4n) is 2.29. The zero-order chi connectivity index (χ0) is 17.7. The summed E-state index contributed by atoms with van der Waals surface area (Å²) in [6, 6.07) is 11.3. The molecule has 2 aromatic carbocycles. The highest BCUT2D eigenvalue weighted by atomic mass is 35.5. The van der Waals surface area contributed by atoms with Crippen molar-refractivity contribution >= 4 is 35.0 Å². The van der Waals surface area contributed by atoms with Crippen molar-refractivity contribution in [3.8, 4) is 0 Å². The molecule has 0 amide bonds. The van der Waals surface area contributed by atoms with Crippen molar-refractivity contribution in [2.75, 3.05) is 6.61 Å². The van der Waals surface area contributed by atoms with Gasteiger partial charge in [-0.1, -0.05) is 53.5 Å². The van der Waals surface area contributed by atoms with Gasteiger partial charge in [-0.15, -0.1) is 0 Å². The summed E-state index contributed by atoms with van der Waals surface area (Å²) in [4.78, 5) is 24.4. The van der Waals surface area contributed by atoms with Gasteiger partial charge in [0, 0.05) is 27.6 Å². The molecule has 0 fully saturated rings. The second-order valence-corrected chi connectivity index (χ2v) is 5.86. The van der Waals surface area contributed by atoms with Gasteiger partial charge in [-0.3, -0.25) is 4.79 Å². The number of carbonyl (C=O) groups is 2. The lowest BCUT2D eigenvalue weighted by molar-refractivity contribution is -0.153. The Kier molecular flexibility index (Phi) is 6.37. The van der Waals surface area contributed by atoms with E-state index in [9.17, 15) is 14.7 Å². The minimum Gasteiger partial charge on any atom is -0.464 e. The first-order chi connectivity index (χ1) is 11.5. The Hall–Kier alpha value is -1.88. The van der Waals surface area contributed by atoms with E-state index >= 15 is 0 Å². The number of carbonyl (C=O) groups excluding carboxylic acids is 2. The molecule has 0 saturated heterocycles. The van der Waals surface area contributed by atoms with Crippen LogP contribution in [0.25, 0.3) is 0 Å². The predicted molar refractivity (Wildman–Crippen MR) is 92.5 cm³/mol. The van der Waals surface area contributed by atoms with E-state index < -0.39 is 12.1 Å². The van der Waals surface area contributed by atoms with Crippen LogP contribution in [0, 0.1) is 0 Å². The SMILES string of the molecule is CCOC(=O)C(O)c1ccccc1C(=O)Cc1c(Cl)cccc1Cl. The highest BCUT2D eigenvalue weighted by Gasteiger charge is 2.24. The van der Waals surface area contributed by atoms with Crippen LogP contribution < -0.4 is 0 Å². The first kappa shape index (κ1) is 18.5. The molecule has 0 aliphatic rings. The molecule has 0 heterocycles. The van der Waals surface area contributed by atoms with Crippen LogP contribution in [0.15, 0.2) is 42.5 Å². The van der Waals surface area contributed by atoms with Gasteiger partial charge in [0.25, 0.3) is 0 Å². The molecule has 24 heavy (non-hydrogen) atoms. The van der Waals surface area contributed by atoms with Crippen molar-refractivity contribution in [1.29, 1.82) is 0 Å². The van der Waals surface area contributed by atoms with Crippen molar-refractivity contribution in [2.45, 2.75) is 19.4 Å². The average Bonchev–Trinajstić information content (AvgIpc) is 2.57. The largest absolute Gasteiger partial charge is 0.464 e. The third-order valence-electron chi connectivity index (χ3n) is 3.46. The van der Waals surface area contributed by atoms with Crippen LogP contribution in [-0.4, -0.2) is 23.5 Å². The molecule has 1 atom stereocenters. The van der Waals surface area contributed by atoms with Crippen LogP contribution in [-0.2, 0) is 16.0 Å². The maximum absolute atomic E-state index is 12.6. The molecule has 0 aliphatic heterocycles. The second kappa shape index (κ2) is 8.29. The number of halogens is 2. The second-order valence-electron chi connectivity index (χ2n) is 5.04. The topological polar surface area (TPSA) is 63.6 Å². The van der Waals surface area contributed by atoms with Crippen LogP contribution in [0.3, 0.4) is 0 Å². The lowest BCUT2D eigenvalue weighted by atomic mass is 9.95. The molecular weight excluding hydrogens is 351 g/mol. The number of hydrogen-bond acceptors (Lipinski definition) is 4. The smallest absolute Gasteiger partial charge is 0.339 e. The quantitative estimate of drug-likeness (QED) is 0.619. The zero-order valence-electron chi connectivity index (χ0n) is 13.0. The number of esters is 1. The van der Waals surface area contributed by atoms with Gasteiger partial charge in [0.05, 0.1) is 6.61 Å². The molecule has 0 bridgehead atoms. The molecule has 0 spiro atoms. The lowest BCUT2D eigenvalue weighted by Gasteiger charge is -2.14. The molecule has 4 nitrogen and oxygen atoms in total. The Labute approximate surface area is 150 Å². The summed E-state index contributed by atoms with van der Waals surface area (Å²) in [5.41, 5.74) is 0.935. The van der Waals surface area contributed by atoms with Crippen LogP contribution in [0.4, 0.5) is 0 Å². The Balaban J connectivity index is 2.32. The van der Waals surface area contributed by atoms with Gasteiger partial charge in [0.2, 0.25) is 0 Å². The summed E-state index contributed by atoms with van der Waals surface area (Å²) < 4.78 is 4.81. The van der Waals surface area contributed by atoms with Gasteiger partial charge in [0.15, 0.2) is 11.9 Å². The average molecular weight is 367 g/mol. The number of Topliss-reactive ketones (excluding diaryl/α,β-unsaturated/α-hetero) is 1. The number of aliphatic hydroxyl groups is 1. The third-order valence-corrected chi connectivity index (χ3v) is 4.17. The Morgan fingerprint density at radius 2 is 1.71 bits per heavy atom. The normalized spacial score (nSPS) is 11.8. The zero-order valence-corrected chi connectivity index (χ0v) is 14.5. The first-order valence-electron chi connectivity index (χ1n) is 7.35. The Bertz CT molecular complexity index is 738. The fraction of sp³-hybridized carbons (Fsp3) is 0.222. The summed E-state index contributed by atoms with van der Waals surface area (Å²) >= 11 is 12.2. The summed E-state index contributed by atoms with van der Waals surface area (Å²) in [5, 5.41) is 10.9. The van der Waals surface area contributed by atoms with Crippen molar-refractivity contribution < 1.29 is 19.4 Å². The number of rotatable bonds is 6. The van der Waals surface area contributed by atoms with E-state index in [0.717, 1.165) is 0 Å². The molecule has 0 aromatic heterocycles. The highest BCUT2D eigenvalue weighted by Crippen LogP contribution is 2.27. The number of aliphatic hydroxyl groups excluding tert-OH is 1. The summed E-state index contributed by atoms with van der Waals surface area (Å²) in [6.45, 7) is 1.78. The van der Waals surface area contributed by atoms with E-state index in [-0.39, 0.29) is 29.9 Å². The first-order valence-corrected chi connectivity index (χ1v) is 8.11. The number of benzene rings is 2. The maximum atomic E-state index is 12.6. The molecule has 1 unspecified atom stereocenters. The molecule has 0 radical (unpaired) electrons. The molecule has 2 rings (SSSR count). The molecular formula is C18H16Cl2O4. The highest BCUT2D eigenvalue weighted by molar-refractivity contribution is 6.36. The minimum atomic E-state index is -1.52. The number of ketones is 1. The van der Waals surface area contributed by atoms with E-state index in [1.54, 1.807) is 43.3 Å². The van der Waals surface area contributed by atoms with Gasteiger partial charge in [0.1, 0.15) is 0 Å². The number of hydrogen-bond donors (Lipinski definition) is 1. The number of ether oxygens (including phenoxy) is 1. The van der Waals surface area contributed by atoms with Gasteiger partial charge >= 0.3 is 5.97 Å². The monoisotopic (exact) mass is 366 g/mol. The summed E-state index contributed by atoms with van der Waals surface area (Å²) in [6.07, 6.45) is -1.56. The molecule has 126 valence electrons. The van der Waals surface area contributed by atoms with E-state index in [0.29, 0.717) is 15.6 Å². The Morgan fingerprint density at radius 3 is 2.33 bits per heavy atom. The fourth-order valence-corrected chi connectivity index (χ4v) is 2.83. The van der Waals surface area contributed by atoms with Gasteiger partial charge in [-0.2, -0.15) is 0 Å². The van der Waals surface area contributed by atoms with E-state index in [1.165, 1.54) is 6.07 Å². The Morgan fingerprint density at radius 1 is 1.08 bits per heavy atom. The van der Waals surface area contributed by atoms with Crippen molar-refractivity contribution in [3.63, 3.8) is 0 Å². The predicted octanol–water partition coefficient (Wildman–Crippen LogP) is 4.02. The van der Waals surface area contributed by atoms with Crippen molar-refractivity contribution in [1.82, 2.24) is 0 Å². The van der Waals surface area contributed by atoms with Crippen molar-refractivity contribution in [3.05, 3.63) is 69.2 Å². The third kappa shape index (κ3) is 4.15. The van der Waals surface area contributed by atoms with Crippen LogP contribution >= 0.6 is 23.2 Å². The van der Waals surface area contributed by atoms with Crippen LogP contribution in [0.1, 0.15) is 34.5 Å². The van der Waals surface area contributed by atoms with E-state index in [1.807, 2.05) is 0 Å². The van der Waals surface area contributed by atoms with Crippen LogP contribution in [0.2, 0.25) is 10.0 Å². The van der Waals surface area contributed by atoms with Gasteiger partial charge in [-0.25, -0.2) is 4.79 Å². The maximum Gasteiger partial charge on any atom is 0.339 e.